The van der Waals surface area contributed by atoms with Gasteiger partial charge in [0.2, 0.25) is 5.91 Å². The fourth-order valence-electron chi connectivity index (χ4n) is 1.07. The van der Waals surface area contributed by atoms with Crippen LogP contribution in [0.15, 0.2) is 11.3 Å². The van der Waals surface area contributed by atoms with Crippen molar-refractivity contribution >= 4 is 5.91 Å². The van der Waals surface area contributed by atoms with Crippen LogP contribution < -0.4 is 10.6 Å². The topological polar surface area (TPSA) is 61.4 Å². The van der Waals surface area contributed by atoms with E-state index in [1.165, 1.54) is 0 Å². The fourth-order valence-corrected chi connectivity index (χ4v) is 1.07. The molecule has 62 valence electrons. The summed E-state index contributed by atoms with van der Waals surface area (Å²) >= 11 is 0. The first-order valence-corrected chi connectivity index (χ1v) is 3.59. The number of aliphatic hydroxyl groups is 1. The first-order chi connectivity index (χ1) is 5.25. The molecule has 0 atom stereocenters. The van der Waals surface area contributed by atoms with E-state index in [9.17, 15) is 9.90 Å². The third-order valence-electron chi connectivity index (χ3n) is 1.69. The van der Waals surface area contributed by atoms with Gasteiger partial charge in [0.05, 0.1) is 12.1 Å². The Balaban J connectivity index is 2.74. The Labute approximate surface area is 65.3 Å². The van der Waals surface area contributed by atoms with Crippen LogP contribution in [0.4, 0.5) is 0 Å². The number of hydrogen-bond donors (Lipinski definition) is 3. The van der Waals surface area contributed by atoms with E-state index in [0.717, 1.165) is 6.54 Å². The van der Waals surface area contributed by atoms with Crippen molar-refractivity contribution in [2.75, 3.05) is 20.1 Å². The van der Waals surface area contributed by atoms with E-state index in [0.29, 0.717) is 18.5 Å². The second-order valence-electron chi connectivity index (χ2n) is 2.43. The maximum atomic E-state index is 11.0. The number of carbonyl (C=O) groups excluding carboxylic acids is 1. The van der Waals surface area contributed by atoms with Gasteiger partial charge in [0.15, 0.2) is 0 Å². The van der Waals surface area contributed by atoms with Gasteiger partial charge in [0.1, 0.15) is 5.76 Å². The molecule has 0 spiro atoms. The maximum absolute atomic E-state index is 11.0. The van der Waals surface area contributed by atoms with E-state index in [1.54, 1.807) is 7.05 Å². The van der Waals surface area contributed by atoms with Gasteiger partial charge in [-0.25, -0.2) is 0 Å². The molecule has 4 heteroatoms. The lowest BCUT2D eigenvalue weighted by Crippen LogP contribution is -2.31. The minimum Gasteiger partial charge on any atom is -0.510 e. The number of likely N-dealkylation sites (N-methyl/N-ethyl adjacent to an activating group) is 1. The van der Waals surface area contributed by atoms with Crippen molar-refractivity contribution in [1.82, 2.24) is 10.6 Å². The Morgan fingerprint density at radius 1 is 1.73 bits per heavy atom. The molecule has 0 aromatic carbocycles. The van der Waals surface area contributed by atoms with Crippen molar-refractivity contribution in [3.8, 4) is 0 Å². The molecule has 1 heterocycles. The van der Waals surface area contributed by atoms with Gasteiger partial charge in [0, 0.05) is 7.05 Å². The second-order valence-corrected chi connectivity index (χ2v) is 2.43. The highest BCUT2D eigenvalue weighted by Gasteiger charge is 2.16. The first-order valence-electron chi connectivity index (χ1n) is 3.59. The van der Waals surface area contributed by atoms with E-state index >= 15 is 0 Å². The lowest BCUT2D eigenvalue weighted by Gasteiger charge is -2.15. The van der Waals surface area contributed by atoms with Crippen molar-refractivity contribution in [2.45, 2.75) is 6.42 Å². The van der Waals surface area contributed by atoms with E-state index in [1.807, 2.05) is 0 Å². The molecule has 1 amide bonds. The molecule has 4 nitrogen and oxygen atoms in total. The average Bonchev–Trinajstić information content (AvgIpc) is 2.04. The highest BCUT2D eigenvalue weighted by atomic mass is 16.3. The summed E-state index contributed by atoms with van der Waals surface area (Å²) in [6, 6.07) is 0. The van der Waals surface area contributed by atoms with Gasteiger partial charge >= 0.3 is 0 Å². The highest BCUT2D eigenvalue weighted by molar-refractivity contribution is 5.93. The average molecular weight is 156 g/mol. The van der Waals surface area contributed by atoms with Crippen LogP contribution in [0.25, 0.3) is 0 Å². The zero-order valence-corrected chi connectivity index (χ0v) is 6.48. The molecule has 0 aromatic heterocycles. The van der Waals surface area contributed by atoms with Gasteiger partial charge in [0.25, 0.3) is 0 Å². The van der Waals surface area contributed by atoms with Crippen molar-refractivity contribution in [2.24, 2.45) is 0 Å². The van der Waals surface area contributed by atoms with Crippen LogP contribution in [0.5, 0.6) is 0 Å². The number of rotatable bonds is 1. The Morgan fingerprint density at radius 2 is 2.45 bits per heavy atom. The molecule has 0 radical (unpaired) electrons. The van der Waals surface area contributed by atoms with Crippen LogP contribution in [-0.4, -0.2) is 31.2 Å². The zero-order chi connectivity index (χ0) is 8.27. The largest absolute Gasteiger partial charge is 0.510 e. The molecular weight excluding hydrogens is 144 g/mol. The van der Waals surface area contributed by atoms with Crippen LogP contribution in [-0.2, 0) is 4.79 Å². The summed E-state index contributed by atoms with van der Waals surface area (Å²) in [5.41, 5.74) is 0.506. The lowest BCUT2D eigenvalue weighted by molar-refractivity contribution is -0.117. The second kappa shape index (κ2) is 3.39. The van der Waals surface area contributed by atoms with Crippen molar-refractivity contribution in [3.05, 3.63) is 11.3 Å². The molecular formula is C7H12N2O2. The summed E-state index contributed by atoms with van der Waals surface area (Å²) in [6.07, 6.45) is 0.603. The summed E-state index contributed by atoms with van der Waals surface area (Å²) in [5.74, 6) is -0.0143. The van der Waals surface area contributed by atoms with Gasteiger partial charge in [-0.05, 0) is 13.0 Å². The molecule has 0 saturated carbocycles. The van der Waals surface area contributed by atoms with E-state index in [4.69, 9.17) is 0 Å². The Morgan fingerprint density at radius 3 is 3.00 bits per heavy atom. The van der Waals surface area contributed by atoms with Crippen LogP contribution in [0, 0.1) is 0 Å². The summed E-state index contributed by atoms with van der Waals surface area (Å²) < 4.78 is 0. The molecule has 0 bridgehead atoms. The van der Waals surface area contributed by atoms with Gasteiger partial charge in [-0.2, -0.15) is 0 Å². The predicted molar refractivity (Wildman–Crippen MR) is 41.2 cm³/mol. The number of amides is 1. The normalized spacial score (nSPS) is 18.3. The summed E-state index contributed by atoms with van der Waals surface area (Å²) in [5, 5.41) is 14.7. The number of hydrogen-bond acceptors (Lipinski definition) is 3. The van der Waals surface area contributed by atoms with E-state index in [2.05, 4.69) is 10.6 Å². The Kier molecular flexibility index (Phi) is 2.48. The van der Waals surface area contributed by atoms with Gasteiger partial charge < -0.3 is 15.7 Å². The molecule has 0 fully saturated rings. The summed E-state index contributed by atoms with van der Waals surface area (Å²) in [6.45, 7) is 1.16. The third kappa shape index (κ3) is 1.71. The Hall–Kier alpha value is -1.03. The fraction of sp³-hybridized carbons (Fsp3) is 0.571. The monoisotopic (exact) mass is 156 g/mol. The maximum Gasteiger partial charge on any atom is 0.250 e. The predicted octanol–water partition coefficient (Wildman–Crippen LogP) is -0.462. The first kappa shape index (κ1) is 8.07. The number of nitrogens with one attached hydrogen (secondary N) is 2. The van der Waals surface area contributed by atoms with Gasteiger partial charge in [-0.3, -0.25) is 4.79 Å². The Bertz CT molecular complexity index is 199. The minimum atomic E-state index is -0.177. The van der Waals surface area contributed by atoms with Crippen molar-refractivity contribution in [3.63, 3.8) is 0 Å². The molecule has 1 rings (SSSR count). The van der Waals surface area contributed by atoms with Gasteiger partial charge in [-0.15, -0.1) is 0 Å². The van der Waals surface area contributed by atoms with Gasteiger partial charge in [-0.1, -0.05) is 0 Å². The zero-order valence-electron chi connectivity index (χ0n) is 6.48. The molecule has 3 N–H and O–H groups in total. The smallest absolute Gasteiger partial charge is 0.250 e. The molecule has 0 aliphatic carbocycles. The van der Waals surface area contributed by atoms with Crippen LogP contribution >= 0.6 is 0 Å². The molecule has 1 aliphatic heterocycles. The number of aliphatic hydroxyl groups excluding tert-OH is 1. The van der Waals surface area contributed by atoms with Crippen LogP contribution in [0.3, 0.4) is 0 Å². The standard InChI is InChI=1S/C7H12N2O2/c1-8-7(11)5-2-3-9-4-6(5)10/h9-10H,2-4H2,1H3,(H,8,11). The van der Waals surface area contributed by atoms with Crippen molar-refractivity contribution in [1.29, 1.82) is 0 Å². The van der Waals surface area contributed by atoms with E-state index < -0.39 is 0 Å². The molecule has 1 aliphatic rings. The lowest BCUT2D eigenvalue weighted by atomic mass is 10.1. The minimum absolute atomic E-state index is 0.163. The molecule has 11 heavy (non-hydrogen) atoms. The van der Waals surface area contributed by atoms with E-state index in [-0.39, 0.29) is 11.7 Å². The third-order valence-corrected chi connectivity index (χ3v) is 1.69. The summed E-state index contributed by atoms with van der Waals surface area (Å²) in [7, 11) is 1.56. The molecule has 0 aromatic rings. The quantitative estimate of drug-likeness (QED) is 0.481. The van der Waals surface area contributed by atoms with Crippen LogP contribution in [0.1, 0.15) is 6.42 Å². The number of carbonyl (C=O) groups is 1. The van der Waals surface area contributed by atoms with Crippen molar-refractivity contribution < 1.29 is 9.90 Å². The molecule has 0 unspecified atom stereocenters. The highest BCUT2D eigenvalue weighted by Crippen LogP contribution is 2.09. The summed E-state index contributed by atoms with van der Waals surface area (Å²) in [4.78, 5) is 11.0. The molecule has 0 saturated heterocycles. The van der Waals surface area contributed by atoms with Crippen LogP contribution in [0.2, 0.25) is 0 Å². The SMILES string of the molecule is CNC(=O)C1=C(O)CNCC1.